The normalized spacial score (nSPS) is 16.9. The van der Waals surface area contributed by atoms with Crippen molar-refractivity contribution in [1.29, 1.82) is 0 Å². The van der Waals surface area contributed by atoms with Gasteiger partial charge in [0.25, 0.3) is 0 Å². The number of nitrogens with zero attached hydrogens (tertiary/aromatic N) is 1. The van der Waals surface area contributed by atoms with Crippen LogP contribution in [0, 0.1) is 11.6 Å². The molecule has 2 rings (SSSR count). The molecule has 0 aromatic heterocycles. The van der Waals surface area contributed by atoms with Crippen molar-refractivity contribution in [1.82, 2.24) is 0 Å². The van der Waals surface area contributed by atoms with Gasteiger partial charge < -0.3 is 5.11 Å². The van der Waals surface area contributed by atoms with Gasteiger partial charge in [0.1, 0.15) is 11.4 Å². The molecule has 0 amide bonds. The summed E-state index contributed by atoms with van der Waals surface area (Å²) < 4.78 is 26.4. The maximum absolute atomic E-state index is 13.4. The molecule has 0 radical (unpaired) electrons. The second-order valence-corrected chi connectivity index (χ2v) is 3.49. The van der Waals surface area contributed by atoms with Gasteiger partial charge in [-0.3, -0.25) is 0 Å². The summed E-state index contributed by atoms with van der Waals surface area (Å²) in [6.07, 6.45) is 2.14. The molecule has 3 nitrogen and oxygen atoms in total. The minimum absolute atomic E-state index is 0.245. The first kappa shape index (κ1) is 9.80. The van der Waals surface area contributed by atoms with Gasteiger partial charge >= 0.3 is 0 Å². The predicted octanol–water partition coefficient (Wildman–Crippen LogP) is 2.00. The van der Waals surface area contributed by atoms with Crippen LogP contribution < -0.4 is 0 Å². The Morgan fingerprint density at radius 2 is 1.93 bits per heavy atom. The number of hydrogen-bond donors (Lipinski definition) is 1. The molecule has 1 aromatic rings. The van der Waals surface area contributed by atoms with Crippen LogP contribution in [0.25, 0.3) is 0 Å². The number of hydrogen-bond acceptors (Lipinski definition) is 3. The van der Waals surface area contributed by atoms with E-state index in [4.69, 9.17) is 0 Å². The molecule has 0 saturated heterocycles. The van der Waals surface area contributed by atoms with Crippen LogP contribution in [-0.4, -0.2) is 11.2 Å². The highest BCUT2D eigenvalue weighted by atomic mass is 19.1. The Kier molecular flexibility index (Phi) is 2.05. The molecule has 0 aliphatic heterocycles. The molecule has 5 heteroatoms. The highest BCUT2D eigenvalue weighted by Gasteiger charge is 2.49. The van der Waals surface area contributed by atoms with Crippen LogP contribution >= 0.6 is 0 Å². The fourth-order valence-electron chi connectivity index (χ4n) is 1.61. The van der Waals surface area contributed by atoms with Crippen LogP contribution in [0.2, 0.25) is 0 Å². The van der Waals surface area contributed by atoms with Gasteiger partial charge in [-0.2, -0.15) is 4.99 Å². The van der Waals surface area contributed by atoms with Crippen molar-refractivity contribution in [3.63, 3.8) is 0 Å². The third-order valence-corrected chi connectivity index (χ3v) is 2.53. The van der Waals surface area contributed by atoms with E-state index in [1.165, 1.54) is 6.08 Å². The van der Waals surface area contributed by atoms with E-state index >= 15 is 0 Å². The van der Waals surface area contributed by atoms with Crippen molar-refractivity contribution in [2.45, 2.75) is 18.4 Å². The molecular weight excluding hydrogens is 204 g/mol. The van der Waals surface area contributed by atoms with Crippen LogP contribution in [0.5, 0.6) is 5.75 Å². The Labute approximate surface area is 84.1 Å². The maximum atomic E-state index is 13.4. The standard InChI is InChI=1S/C10H7F2NO2/c11-6-1-2-7(12)9(15)8(6)10(3-4-10)13-5-14/h1-2,15H,3-4H2. The van der Waals surface area contributed by atoms with Crippen molar-refractivity contribution in [3.05, 3.63) is 29.3 Å². The number of halogens is 2. The van der Waals surface area contributed by atoms with Crippen LogP contribution in [0.4, 0.5) is 8.78 Å². The number of phenols is 1. The summed E-state index contributed by atoms with van der Waals surface area (Å²) in [7, 11) is 0. The summed E-state index contributed by atoms with van der Waals surface area (Å²) >= 11 is 0. The van der Waals surface area contributed by atoms with Gasteiger partial charge in [0, 0.05) is 0 Å². The van der Waals surface area contributed by atoms with Gasteiger partial charge in [0.05, 0.1) is 5.56 Å². The minimum atomic E-state index is -1.10. The summed E-state index contributed by atoms with van der Waals surface area (Å²) in [6.45, 7) is 0. The van der Waals surface area contributed by atoms with Crippen LogP contribution in [0.3, 0.4) is 0 Å². The van der Waals surface area contributed by atoms with Gasteiger partial charge in [-0.15, -0.1) is 0 Å². The van der Waals surface area contributed by atoms with E-state index in [2.05, 4.69) is 4.99 Å². The first-order chi connectivity index (χ1) is 7.10. The summed E-state index contributed by atoms with van der Waals surface area (Å²) in [5, 5.41) is 9.38. The Balaban J connectivity index is 2.62. The molecule has 0 atom stereocenters. The average molecular weight is 211 g/mol. The average Bonchev–Trinajstić information content (AvgIpc) is 2.94. The zero-order valence-electron chi connectivity index (χ0n) is 7.63. The lowest BCUT2D eigenvalue weighted by Crippen LogP contribution is -2.07. The largest absolute Gasteiger partial charge is 0.504 e. The van der Waals surface area contributed by atoms with Gasteiger partial charge in [-0.1, -0.05) is 0 Å². The predicted molar refractivity (Wildman–Crippen MR) is 47.1 cm³/mol. The first-order valence-corrected chi connectivity index (χ1v) is 4.37. The SMILES string of the molecule is O=C=NC1(c2c(F)ccc(F)c2O)CC1. The lowest BCUT2D eigenvalue weighted by Gasteiger charge is -2.11. The number of aliphatic imine (C=N–C) groups is 1. The first-order valence-electron chi connectivity index (χ1n) is 4.37. The molecular formula is C10H7F2NO2. The lowest BCUT2D eigenvalue weighted by atomic mass is 10.0. The fraction of sp³-hybridized carbons (Fsp3) is 0.300. The molecule has 1 fully saturated rings. The zero-order valence-corrected chi connectivity index (χ0v) is 7.63. The molecule has 1 aliphatic rings. The molecule has 15 heavy (non-hydrogen) atoms. The molecule has 0 unspecified atom stereocenters. The highest BCUT2D eigenvalue weighted by Crippen LogP contribution is 2.53. The maximum Gasteiger partial charge on any atom is 0.235 e. The Bertz CT molecular complexity index is 463. The molecule has 1 N–H and O–H groups in total. The summed E-state index contributed by atoms with van der Waals surface area (Å²) in [5.41, 5.74) is -1.34. The van der Waals surface area contributed by atoms with Crippen molar-refractivity contribution < 1.29 is 18.7 Å². The number of isocyanates is 1. The number of carbonyl (C=O) groups excluding carboxylic acids is 1. The van der Waals surface area contributed by atoms with Gasteiger partial charge in [-0.25, -0.2) is 13.6 Å². The molecule has 78 valence electrons. The molecule has 1 saturated carbocycles. The van der Waals surface area contributed by atoms with E-state index < -0.39 is 22.9 Å². The molecule has 1 aromatic carbocycles. The van der Waals surface area contributed by atoms with Crippen molar-refractivity contribution in [2.75, 3.05) is 0 Å². The van der Waals surface area contributed by atoms with Gasteiger partial charge in [-0.05, 0) is 25.0 Å². The van der Waals surface area contributed by atoms with Gasteiger partial charge in [0.15, 0.2) is 11.6 Å². The smallest absolute Gasteiger partial charge is 0.235 e. The topological polar surface area (TPSA) is 49.7 Å². The second-order valence-electron chi connectivity index (χ2n) is 3.49. The van der Waals surface area contributed by atoms with Crippen molar-refractivity contribution in [2.24, 2.45) is 4.99 Å². The summed E-state index contributed by atoms with van der Waals surface area (Å²) in [5.74, 6) is -2.45. The number of rotatable bonds is 2. The molecule has 0 bridgehead atoms. The van der Waals surface area contributed by atoms with Gasteiger partial charge in [0.2, 0.25) is 6.08 Å². The number of aromatic hydroxyl groups is 1. The minimum Gasteiger partial charge on any atom is -0.504 e. The summed E-state index contributed by atoms with van der Waals surface area (Å²) in [4.78, 5) is 13.6. The highest BCUT2D eigenvalue weighted by molar-refractivity contribution is 5.47. The van der Waals surface area contributed by atoms with Crippen molar-refractivity contribution >= 4 is 6.08 Å². The Hall–Kier alpha value is -1.74. The van der Waals surface area contributed by atoms with Crippen LogP contribution in [0.1, 0.15) is 18.4 Å². The molecule has 0 spiro atoms. The quantitative estimate of drug-likeness (QED) is 0.600. The molecule has 1 aliphatic carbocycles. The fourth-order valence-corrected chi connectivity index (χ4v) is 1.61. The van der Waals surface area contributed by atoms with E-state index in [0.29, 0.717) is 12.8 Å². The van der Waals surface area contributed by atoms with E-state index in [9.17, 15) is 18.7 Å². The number of benzene rings is 1. The zero-order chi connectivity index (χ0) is 11.1. The van der Waals surface area contributed by atoms with Crippen molar-refractivity contribution in [3.8, 4) is 5.75 Å². The summed E-state index contributed by atoms with van der Waals surface area (Å²) in [6, 6.07) is 1.74. The molecule has 0 heterocycles. The third kappa shape index (κ3) is 1.41. The van der Waals surface area contributed by atoms with E-state index in [0.717, 1.165) is 12.1 Å². The van der Waals surface area contributed by atoms with E-state index in [-0.39, 0.29) is 5.56 Å². The Morgan fingerprint density at radius 1 is 1.33 bits per heavy atom. The van der Waals surface area contributed by atoms with E-state index in [1.807, 2.05) is 0 Å². The number of phenolic OH excluding ortho intramolecular Hbond substituents is 1. The third-order valence-electron chi connectivity index (χ3n) is 2.53. The van der Waals surface area contributed by atoms with Crippen LogP contribution in [-0.2, 0) is 10.3 Å². The van der Waals surface area contributed by atoms with E-state index in [1.54, 1.807) is 0 Å². The monoisotopic (exact) mass is 211 g/mol. The lowest BCUT2D eigenvalue weighted by molar-refractivity contribution is 0.408. The van der Waals surface area contributed by atoms with Crippen LogP contribution in [0.15, 0.2) is 17.1 Å². The Morgan fingerprint density at radius 3 is 2.47 bits per heavy atom. The second kappa shape index (κ2) is 3.14.